The van der Waals surface area contributed by atoms with E-state index in [9.17, 15) is 4.39 Å². The highest BCUT2D eigenvalue weighted by atomic mass is 19.1. The molecular weight excluding hydrogens is 151 g/mol. The molecule has 1 unspecified atom stereocenters. The monoisotopic (exact) mass is 160 g/mol. The summed E-state index contributed by atoms with van der Waals surface area (Å²) >= 11 is 0. The van der Waals surface area contributed by atoms with Gasteiger partial charge in [-0.25, -0.2) is 14.1 Å². The fourth-order valence-electron chi connectivity index (χ4n) is 0.658. The van der Waals surface area contributed by atoms with Gasteiger partial charge in [-0.15, -0.1) is 5.10 Å². The molecule has 1 atom stereocenters. The molecule has 1 rings (SSSR count). The van der Waals surface area contributed by atoms with Crippen molar-refractivity contribution in [3.05, 3.63) is 6.33 Å². The first-order chi connectivity index (χ1) is 5.22. The third kappa shape index (κ3) is 2.15. The number of hydrogen-bond acceptors (Lipinski definition) is 4. The maximum absolute atomic E-state index is 12.4. The average molecular weight is 160 g/mol. The SMILES string of the molecule is Nc1ncn(CC(F)CO)n1. The van der Waals surface area contributed by atoms with E-state index in [1.807, 2.05) is 0 Å². The van der Waals surface area contributed by atoms with Crippen LogP contribution in [0.15, 0.2) is 6.33 Å². The molecule has 5 nitrogen and oxygen atoms in total. The zero-order valence-electron chi connectivity index (χ0n) is 5.81. The molecule has 62 valence electrons. The van der Waals surface area contributed by atoms with Crippen LogP contribution in [0.4, 0.5) is 10.3 Å². The molecule has 0 bridgehead atoms. The third-order valence-corrected chi connectivity index (χ3v) is 1.14. The summed E-state index contributed by atoms with van der Waals surface area (Å²) in [4.78, 5) is 3.59. The van der Waals surface area contributed by atoms with Crippen LogP contribution in [0, 0.1) is 0 Å². The Morgan fingerprint density at radius 1 is 1.82 bits per heavy atom. The molecule has 1 aromatic rings. The Kier molecular flexibility index (Phi) is 2.37. The van der Waals surface area contributed by atoms with Crippen LogP contribution in [0.1, 0.15) is 0 Å². The summed E-state index contributed by atoms with van der Waals surface area (Å²) in [7, 11) is 0. The van der Waals surface area contributed by atoms with E-state index in [0.29, 0.717) is 0 Å². The minimum absolute atomic E-state index is 0.0132. The van der Waals surface area contributed by atoms with Gasteiger partial charge in [-0.05, 0) is 0 Å². The lowest BCUT2D eigenvalue weighted by atomic mass is 10.4. The number of hydrogen-bond donors (Lipinski definition) is 2. The van der Waals surface area contributed by atoms with Crippen LogP contribution in [0.5, 0.6) is 0 Å². The molecule has 0 aromatic carbocycles. The smallest absolute Gasteiger partial charge is 0.239 e. The van der Waals surface area contributed by atoms with Crippen molar-refractivity contribution >= 4 is 5.95 Å². The Hall–Kier alpha value is -1.17. The van der Waals surface area contributed by atoms with Gasteiger partial charge in [-0.2, -0.15) is 0 Å². The van der Waals surface area contributed by atoms with Crippen molar-refractivity contribution in [2.75, 3.05) is 12.3 Å². The lowest BCUT2D eigenvalue weighted by molar-refractivity contribution is 0.158. The summed E-state index contributed by atoms with van der Waals surface area (Å²) in [6, 6.07) is 0. The molecule has 0 aliphatic rings. The summed E-state index contributed by atoms with van der Waals surface area (Å²) in [6.07, 6.45) is 0.00787. The van der Waals surface area contributed by atoms with Gasteiger partial charge in [0.25, 0.3) is 0 Å². The zero-order chi connectivity index (χ0) is 8.27. The molecule has 0 amide bonds. The first-order valence-electron chi connectivity index (χ1n) is 3.12. The van der Waals surface area contributed by atoms with Crippen LogP contribution < -0.4 is 5.73 Å². The molecule has 0 saturated carbocycles. The predicted octanol–water partition coefficient (Wildman–Crippen LogP) is -0.809. The second kappa shape index (κ2) is 3.29. The fraction of sp³-hybridized carbons (Fsp3) is 0.600. The van der Waals surface area contributed by atoms with Crippen molar-refractivity contribution in [1.29, 1.82) is 0 Å². The van der Waals surface area contributed by atoms with E-state index in [2.05, 4.69) is 10.1 Å². The van der Waals surface area contributed by atoms with Crippen molar-refractivity contribution in [1.82, 2.24) is 14.8 Å². The molecule has 0 saturated heterocycles. The normalized spacial score (nSPS) is 13.3. The maximum atomic E-state index is 12.4. The van der Waals surface area contributed by atoms with Gasteiger partial charge in [-0.1, -0.05) is 0 Å². The van der Waals surface area contributed by atoms with E-state index >= 15 is 0 Å². The lowest BCUT2D eigenvalue weighted by Crippen LogP contribution is -2.15. The van der Waals surface area contributed by atoms with Crippen LogP contribution in [0.2, 0.25) is 0 Å². The number of aliphatic hydroxyl groups excluding tert-OH is 1. The van der Waals surface area contributed by atoms with E-state index < -0.39 is 12.8 Å². The highest BCUT2D eigenvalue weighted by Crippen LogP contribution is 1.95. The minimum atomic E-state index is -1.31. The molecule has 0 aliphatic carbocycles. The molecule has 0 aliphatic heterocycles. The van der Waals surface area contributed by atoms with Crippen molar-refractivity contribution in [2.45, 2.75) is 12.7 Å². The summed E-state index contributed by atoms with van der Waals surface area (Å²) in [5.74, 6) is 0.107. The number of halogens is 1. The zero-order valence-corrected chi connectivity index (χ0v) is 5.81. The number of nitrogens with zero attached hydrogens (tertiary/aromatic N) is 3. The molecule has 0 spiro atoms. The fourth-order valence-corrected chi connectivity index (χ4v) is 0.658. The molecular formula is C5H9FN4O. The molecule has 3 N–H and O–H groups in total. The second-order valence-corrected chi connectivity index (χ2v) is 2.10. The first-order valence-corrected chi connectivity index (χ1v) is 3.12. The number of nitrogens with two attached hydrogens (primary N) is 1. The van der Waals surface area contributed by atoms with Crippen LogP contribution in [-0.2, 0) is 6.54 Å². The lowest BCUT2D eigenvalue weighted by Gasteiger charge is -2.02. The molecule has 1 heterocycles. The van der Waals surface area contributed by atoms with E-state index in [1.54, 1.807) is 0 Å². The number of aliphatic hydroxyl groups is 1. The largest absolute Gasteiger partial charge is 0.393 e. The Labute approximate surface area is 62.7 Å². The summed E-state index contributed by atoms with van der Waals surface area (Å²) in [5.41, 5.74) is 5.17. The first kappa shape index (κ1) is 7.93. The van der Waals surface area contributed by atoms with Crippen LogP contribution in [0.25, 0.3) is 0 Å². The molecule has 0 fully saturated rings. The summed E-state index contributed by atoms with van der Waals surface area (Å²) < 4.78 is 13.7. The van der Waals surface area contributed by atoms with Gasteiger partial charge in [0.05, 0.1) is 13.2 Å². The van der Waals surface area contributed by atoms with Crippen molar-refractivity contribution in [3.63, 3.8) is 0 Å². The third-order valence-electron chi connectivity index (χ3n) is 1.14. The predicted molar refractivity (Wildman–Crippen MR) is 36.4 cm³/mol. The van der Waals surface area contributed by atoms with Gasteiger partial charge < -0.3 is 10.8 Å². The number of rotatable bonds is 3. The Bertz CT molecular complexity index is 226. The molecule has 6 heteroatoms. The Balaban J connectivity index is 2.50. The van der Waals surface area contributed by atoms with Crippen molar-refractivity contribution in [2.24, 2.45) is 0 Å². The quantitative estimate of drug-likeness (QED) is 0.606. The number of alkyl halides is 1. The number of nitrogen functional groups attached to an aromatic ring is 1. The Morgan fingerprint density at radius 2 is 2.55 bits per heavy atom. The summed E-state index contributed by atoms with van der Waals surface area (Å²) in [5, 5.41) is 12.0. The van der Waals surface area contributed by atoms with E-state index in [-0.39, 0.29) is 12.5 Å². The highest BCUT2D eigenvalue weighted by Gasteiger charge is 2.05. The molecule has 11 heavy (non-hydrogen) atoms. The van der Waals surface area contributed by atoms with Gasteiger partial charge in [0, 0.05) is 0 Å². The van der Waals surface area contributed by atoms with E-state index in [0.717, 1.165) is 0 Å². The number of aromatic nitrogens is 3. The van der Waals surface area contributed by atoms with Crippen LogP contribution in [-0.4, -0.2) is 32.6 Å². The maximum Gasteiger partial charge on any atom is 0.239 e. The van der Waals surface area contributed by atoms with Crippen LogP contribution in [0.3, 0.4) is 0 Å². The van der Waals surface area contributed by atoms with Crippen molar-refractivity contribution in [3.8, 4) is 0 Å². The molecule has 1 aromatic heterocycles. The minimum Gasteiger partial charge on any atom is -0.393 e. The van der Waals surface area contributed by atoms with Gasteiger partial charge >= 0.3 is 0 Å². The van der Waals surface area contributed by atoms with Gasteiger partial charge in [0.15, 0.2) is 0 Å². The van der Waals surface area contributed by atoms with E-state index in [4.69, 9.17) is 10.8 Å². The van der Waals surface area contributed by atoms with Crippen LogP contribution >= 0.6 is 0 Å². The average Bonchev–Trinajstić information content (AvgIpc) is 2.35. The summed E-state index contributed by atoms with van der Waals surface area (Å²) in [6.45, 7) is -0.527. The Morgan fingerprint density at radius 3 is 3.00 bits per heavy atom. The van der Waals surface area contributed by atoms with Gasteiger partial charge in [0.1, 0.15) is 12.5 Å². The standard InChI is InChI=1S/C5H9FN4O/c6-4(2-11)1-10-3-8-5(7)9-10/h3-4,11H,1-2H2,(H2,7,9). The highest BCUT2D eigenvalue weighted by molar-refractivity contribution is 5.09. The second-order valence-electron chi connectivity index (χ2n) is 2.10. The van der Waals surface area contributed by atoms with Gasteiger partial charge in [0.2, 0.25) is 5.95 Å². The van der Waals surface area contributed by atoms with Gasteiger partial charge in [-0.3, -0.25) is 0 Å². The molecule has 0 radical (unpaired) electrons. The topological polar surface area (TPSA) is 77.0 Å². The number of anilines is 1. The van der Waals surface area contributed by atoms with Crippen molar-refractivity contribution < 1.29 is 9.50 Å². The van der Waals surface area contributed by atoms with E-state index in [1.165, 1.54) is 11.0 Å².